The summed E-state index contributed by atoms with van der Waals surface area (Å²) in [5.41, 5.74) is 2.28. The first-order chi connectivity index (χ1) is 10.9. The van der Waals surface area contributed by atoms with Crippen molar-refractivity contribution in [1.82, 2.24) is 10.2 Å². The summed E-state index contributed by atoms with van der Waals surface area (Å²) in [6, 6.07) is 8.25. The zero-order valence-electron chi connectivity index (χ0n) is 14.6. The summed E-state index contributed by atoms with van der Waals surface area (Å²) in [5.74, 6) is -0.903. The summed E-state index contributed by atoms with van der Waals surface area (Å²) in [7, 11) is 0. The van der Waals surface area contributed by atoms with Gasteiger partial charge in [-0.25, -0.2) is 0 Å². The Labute approximate surface area is 139 Å². The molecule has 2 amide bonds. The monoisotopic (exact) mass is 316 g/mol. The second kappa shape index (κ2) is 7.62. The molecular formula is C19H28N2O2. The number of carbonyl (C=O) groups excluding carboxylic acids is 2. The molecule has 4 heteroatoms. The molecule has 126 valence electrons. The lowest BCUT2D eigenvalue weighted by molar-refractivity contribution is -0.150. The van der Waals surface area contributed by atoms with Crippen LogP contribution in [0.2, 0.25) is 0 Å². The van der Waals surface area contributed by atoms with Crippen molar-refractivity contribution in [2.75, 3.05) is 0 Å². The van der Waals surface area contributed by atoms with Gasteiger partial charge in [0.15, 0.2) is 0 Å². The second-order valence-electron chi connectivity index (χ2n) is 6.63. The van der Waals surface area contributed by atoms with Gasteiger partial charge in [-0.2, -0.15) is 0 Å². The molecule has 4 nitrogen and oxygen atoms in total. The van der Waals surface area contributed by atoms with E-state index in [1.807, 2.05) is 32.9 Å². The van der Waals surface area contributed by atoms with Crippen molar-refractivity contribution in [1.29, 1.82) is 0 Å². The van der Waals surface area contributed by atoms with Crippen LogP contribution in [0.5, 0.6) is 0 Å². The maximum Gasteiger partial charge on any atom is 0.312 e. The van der Waals surface area contributed by atoms with E-state index in [1.54, 1.807) is 4.90 Å². The molecular weight excluding hydrogens is 288 g/mol. The molecule has 0 radical (unpaired) electrons. The van der Waals surface area contributed by atoms with E-state index in [2.05, 4.69) is 24.4 Å². The Balaban J connectivity index is 2.00. The number of likely N-dealkylation sites (tertiary alicyclic amines) is 1. The summed E-state index contributed by atoms with van der Waals surface area (Å²) in [4.78, 5) is 26.6. The highest BCUT2D eigenvalue weighted by atomic mass is 16.2. The van der Waals surface area contributed by atoms with Gasteiger partial charge in [-0.15, -0.1) is 0 Å². The van der Waals surface area contributed by atoms with Crippen LogP contribution in [0.1, 0.15) is 64.1 Å². The van der Waals surface area contributed by atoms with E-state index in [0.717, 1.165) is 31.2 Å². The standard InChI is InChI=1S/C19H28N2O2/c1-5-16-9-11-17(12-10-16)15(4)20-18(22)19(23)21-13(2)7-6-8-14(21)3/h9-15H,5-8H2,1-4H3,(H,20,22). The highest BCUT2D eigenvalue weighted by Crippen LogP contribution is 2.23. The lowest BCUT2D eigenvalue weighted by Gasteiger charge is -2.38. The molecule has 1 aliphatic heterocycles. The molecule has 0 spiro atoms. The van der Waals surface area contributed by atoms with Gasteiger partial charge in [-0.05, 0) is 57.6 Å². The number of nitrogens with zero attached hydrogens (tertiary/aromatic N) is 1. The maximum atomic E-state index is 12.5. The summed E-state index contributed by atoms with van der Waals surface area (Å²) in [5, 5.41) is 2.84. The SMILES string of the molecule is CCc1ccc(C(C)NC(=O)C(=O)N2C(C)CCCC2C)cc1. The van der Waals surface area contributed by atoms with E-state index in [9.17, 15) is 9.59 Å². The van der Waals surface area contributed by atoms with E-state index in [0.29, 0.717) is 0 Å². The third-order valence-electron chi connectivity index (χ3n) is 4.86. The Bertz CT molecular complexity index is 543. The van der Waals surface area contributed by atoms with E-state index in [1.165, 1.54) is 5.56 Å². The first kappa shape index (κ1) is 17.5. The number of hydrogen-bond acceptors (Lipinski definition) is 2. The van der Waals surface area contributed by atoms with Crippen LogP contribution in [0.15, 0.2) is 24.3 Å². The molecule has 1 saturated heterocycles. The summed E-state index contributed by atoms with van der Waals surface area (Å²) in [6.45, 7) is 8.07. The molecule has 1 aromatic rings. The molecule has 1 N–H and O–H groups in total. The average Bonchev–Trinajstić information content (AvgIpc) is 2.54. The predicted molar refractivity (Wildman–Crippen MR) is 92.0 cm³/mol. The van der Waals surface area contributed by atoms with Gasteiger partial charge in [0.2, 0.25) is 0 Å². The number of carbonyl (C=O) groups is 2. The van der Waals surface area contributed by atoms with Crippen molar-refractivity contribution in [2.45, 2.75) is 71.5 Å². The van der Waals surface area contributed by atoms with Gasteiger partial charge >= 0.3 is 11.8 Å². The van der Waals surface area contributed by atoms with Crippen molar-refractivity contribution in [3.63, 3.8) is 0 Å². The Morgan fingerprint density at radius 3 is 2.26 bits per heavy atom. The van der Waals surface area contributed by atoms with Crippen LogP contribution in [-0.4, -0.2) is 28.8 Å². The summed E-state index contributed by atoms with van der Waals surface area (Å²) >= 11 is 0. The number of aryl methyl sites for hydroxylation is 1. The molecule has 1 aliphatic rings. The van der Waals surface area contributed by atoms with Gasteiger partial charge in [0.1, 0.15) is 0 Å². The fraction of sp³-hybridized carbons (Fsp3) is 0.579. The minimum absolute atomic E-state index is 0.135. The molecule has 0 bridgehead atoms. The van der Waals surface area contributed by atoms with Crippen LogP contribution in [0, 0.1) is 0 Å². The highest BCUT2D eigenvalue weighted by Gasteiger charge is 2.33. The van der Waals surface area contributed by atoms with Gasteiger partial charge in [0, 0.05) is 12.1 Å². The summed E-state index contributed by atoms with van der Waals surface area (Å²) < 4.78 is 0. The van der Waals surface area contributed by atoms with Gasteiger partial charge in [-0.1, -0.05) is 31.2 Å². The minimum atomic E-state index is -0.502. The number of hydrogen-bond donors (Lipinski definition) is 1. The smallest absolute Gasteiger partial charge is 0.312 e. The predicted octanol–water partition coefficient (Wildman–Crippen LogP) is 3.22. The largest absolute Gasteiger partial charge is 0.341 e. The van der Waals surface area contributed by atoms with Crippen LogP contribution >= 0.6 is 0 Å². The van der Waals surface area contributed by atoms with Crippen LogP contribution in [0.3, 0.4) is 0 Å². The number of rotatable bonds is 3. The Morgan fingerprint density at radius 1 is 1.17 bits per heavy atom. The van der Waals surface area contributed by atoms with Gasteiger partial charge in [-0.3, -0.25) is 9.59 Å². The van der Waals surface area contributed by atoms with Crippen LogP contribution in [-0.2, 0) is 16.0 Å². The third-order valence-corrected chi connectivity index (χ3v) is 4.86. The Kier molecular flexibility index (Phi) is 5.80. The van der Waals surface area contributed by atoms with Gasteiger partial charge < -0.3 is 10.2 Å². The average molecular weight is 316 g/mol. The number of piperidine rings is 1. The van der Waals surface area contributed by atoms with Crippen molar-refractivity contribution in [3.05, 3.63) is 35.4 Å². The first-order valence-corrected chi connectivity index (χ1v) is 8.66. The number of benzene rings is 1. The molecule has 2 rings (SSSR count). The number of amides is 2. The molecule has 3 atom stereocenters. The first-order valence-electron chi connectivity index (χ1n) is 8.66. The number of nitrogens with one attached hydrogen (secondary N) is 1. The fourth-order valence-corrected chi connectivity index (χ4v) is 3.32. The van der Waals surface area contributed by atoms with Crippen LogP contribution in [0.25, 0.3) is 0 Å². The third kappa shape index (κ3) is 4.12. The highest BCUT2D eigenvalue weighted by molar-refractivity contribution is 6.35. The molecule has 0 saturated carbocycles. The van der Waals surface area contributed by atoms with Gasteiger partial charge in [0.05, 0.1) is 6.04 Å². The second-order valence-corrected chi connectivity index (χ2v) is 6.63. The molecule has 23 heavy (non-hydrogen) atoms. The molecule has 1 aromatic carbocycles. The quantitative estimate of drug-likeness (QED) is 0.871. The molecule has 0 aromatic heterocycles. The lowest BCUT2D eigenvalue weighted by Crippen LogP contribution is -2.53. The Morgan fingerprint density at radius 2 is 1.74 bits per heavy atom. The molecule has 1 fully saturated rings. The van der Waals surface area contributed by atoms with Crippen LogP contribution in [0.4, 0.5) is 0 Å². The van der Waals surface area contributed by atoms with E-state index in [-0.39, 0.29) is 18.1 Å². The van der Waals surface area contributed by atoms with E-state index < -0.39 is 11.8 Å². The zero-order chi connectivity index (χ0) is 17.0. The van der Waals surface area contributed by atoms with Crippen LogP contribution < -0.4 is 5.32 Å². The van der Waals surface area contributed by atoms with E-state index >= 15 is 0 Å². The normalized spacial score (nSPS) is 22.5. The molecule has 1 heterocycles. The summed E-state index contributed by atoms with van der Waals surface area (Å²) in [6.07, 6.45) is 4.05. The molecule has 0 aliphatic carbocycles. The van der Waals surface area contributed by atoms with Crippen molar-refractivity contribution >= 4 is 11.8 Å². The van der Waals surface area contributed by atoms with Crippen molar-refractivity contribution < 1.29 is 9.59 Å². The van der Waals surface area contributed by atoms with Crippen molar-refractivity contribution in [2.24, 2.45) is 0 Å². The zero-order valence-corrected chi connectivity index (χ0v) is 14.6. The maximum absolute atomic E-state index is 12.5. The topological polar surface area (TPSA) is 49.4 Å². The Hall–Kier alpha value is -1.84. The van der Waals surface area contributed by atoms with E-state index in [4.69, 9.17) is 0 Å². The minimum Gasteiger partial charge on any atom is -0.341 e. The van der Waals surface area contributed by atoms with Crippen molar-refractivity contribution in [3.8, 4) is 0 Å². The lowest BCUT2D eigenvalue weighted by atomic mass is 9.97. The molecule has 3 unspecified atom stereocenters. The fourth-order valence-electron chi connectivity index (χ4n) is 3.32. The van der Waals surface area contributed by atoms with Gasteiger partial charge in [0.25, 0.3) is 0 Å².